The van der Waals surface area contributed by atoms with Crippen molar-refractivity contribution in [3.05, 3.63) is 36.5 Å². The molecule has 1 atom stereocenters. The number of amides is 1. The van der Waals surface area contributed by atoms with Crippen molar-refractivity contribution in [2.75, 3.05) is 18.0 Å². The molecule has 5 heteroatoms. The van der Waals surface area contributed by atoms with Gasteiger partial charge in [0.2, 0.25) is 5.91 Å². The highest BCUT2D eigenvalue weighted by atomic mass is 32.1. The summed E-state index contributed by atoms with van der Waals surface area (Å²) >= 11 is 1.48. The summed E-state index contributed by atoms with van der Waals surface area (Å²) in [5.41, 5.74) is 3.59. The molecule has 3 rings (SSSR count). The van der Waals surface area contributed by atoms with E-state index in [1.54, 1.807) is 5.51 Å². The minimum atomic E-state index is -0.0201. The fraction of sp³-hybridized carbons (Fsp3) is 0.286. The van der Waals surface area contributed by atoms with Crippen LogP contribution in [0.3, 0.4) is 0 Å². The average molecular weight is 275 g/mol. The lowest BCUT2D eigenvalue weighted by Crippen LogP contribution is -2.29. The predicted molar refractivity (Wildman–Crippen MR) is 78.3 cm³/mol. The molecule has 0 spiro atoms. The minimum absolute atomic E-state index is 0.0170. The van der Waals surface area contributed by atoms with Crippen molar-refractivity contribution in [3.63, 3.8) is 0 Å². The molecule has 0 bridgehead atoms. The molecule has 19 heavy (non-hydrogen) atoms. The van der Waals surface area contributed by atoms with Crippen LogP contribution >= 0.6 is 11.3 Å². The van der Waals surface area contributed by atoms with Crippen molar-refractivity contribution >= 4 is 33.1 Å². The van der Waals surface area contributed by atoms with E-state index in [2.05, 4.69) is 21.8 Å². The Bertz CT molecular complexity index is 669. The summed E-state index contributed by atoms with van der Waals surface area (Å²) in [4.78, 5) is 18.2. The standard InChI is InChI=1S/C14H15N3OS/c1-2-15-14(18)10-5-6-17(8-10)11-3-4-13-12(7-11)16-9-19-13/h2-4,7,9-10H,1,5-6,8H2,(H,15,18)/i4T. The van der Waals surface area contributed by atoms with Crippen LogP contribution in [0.2, 0.25) is 0 Å². The van der Waals surface area contributed by atoms with Gasteiger partial charge in [0.25, 0.3) is 0 Å². The Hall–Kier alpha value is -1.88. The highest BCUT2D eigenvalue weighted by Crippen LogP contribution is 2.28. The van der Waals surface area contributed by atoms with E-state index in [9.17, 15) is 4.79 Å². The largest absolute Gasteiger partial charge is 0.371 e. The van der Waals surface area contributed by atoms with Crippen LogP contribution in [0.4, 0.5) is 5.69 Å². The van der Waals surface area contributed by atoms with Gasteiger partial charge in [-0.05, 0) is 30.8 Å². The van der Waals surface area contributed by atoms with E-state index in [0.29, 0.717) is 12.6 Å². The molecule has 98 valence electrons. The van der Waals surface area contributed by atoms with Gasteiger partial charge in [0, 0.05) is 18.8 Å². The minimum Gasteiger partial charge on any atom is -0.371 e. The Labute approximate surface area is 117 Å². The second kappa shape index (κ2) is 5.01. The summed E-state index contributed by atoms with van der Waals surface area (Å²) in [5, 5.41) is 2.65. The first kappa shape index (κ1) is 11.0. The van der Waals surface area contributed by atoms with Gasteiger partial charge in [-0.15, -0.1) is 11.3 Å². The highest BCUT2D eigenvalue weighted by Gasteiger charge is 2.28. The van der Waals surface area contributed by atoms with Gasteiger partial charge in [-0.2, -0.15) is 0 Å². The Balaban J connectivity index is 1.82. The van der Waals surface area contributed by atoms with Crippen molar-refractivity contribution in [2.45, 2.75) is 6.42 Å². The van der Waals surface area contributed by atoms with Gasteiger partial charge in [-0.25, -0.2) is 4.98 Å². The molecule has 1 saturated heterocycles. The van der Waals surface area contributed by atoms with Gasteiger partial charge in [0.05, 0.1) is 23.0 Å². The summed E-state index contributed by atoms with van der Waals surface area (Å²) in [6.45, 7) is 5.01. The molecule has 0 saturated carbocycles. The van der Waals surface area contributed by atoms with E-state index in [0.717, 1.165) is 28.9 Å². The zero-order chi connectivity index (χ0) is 14.1. The number of nitrogens with zero attached hydrogens (tertiary/aromatic N) is 2. The number of carbonyl (C=O) groups excluding carboxylic acids is 1. The normalized spacial score (nSPS) is 19.5. The number of anilines is 1. The van der Waals surface area contributed by atoms with Gasteiger partial charge in [-0.3, -0.25) is 4.79 Å². The molecule has 1 N–H and O–H groups in total. The molecule has 1 unspecified atom stereocenters. The molecule has 1 fully saturated rings. The summed E-state index contributed by atoms with van der Waals surface area (Å²) in [7, 11) is 0. The van der Waals surface area contributed by atoms with Crippen LogP contribution in [0.1, 0.15) is 7.79 Å². The van der Waals surface area contributed by atoms with Gasteiger partial charge < -0.3 is 10.2 Å². The molecule has 2 aromatic rings. The first-order valence-corrected chi connectivity index (χ1v) is 7.07. The van der Waals surface area contributed by atoms with E-state index >= 15 is 0 Å². The van der Waals surface area contributed by atoms with Crippen molar-refractivity contribution in [1.29, 1.82) is 0 Å². The number of benzene rings is 1. The number of nitrogens with one attached hydrogen (secondary N) is 1. The number of carbonyl (C=O) groups is 1. The highest BCUT2D eigenvalue weighted by molar-refractivity contribution is 7.16. The molecule has 1 aromatic carbocycles. The van der Waals surface area contributed by atoms with E-state index in [-0.39, 0.29) is 11.8 Å². The van der Waals surface area contributed by atoms with Crippen molar-refractivity contribution in [1.82, 2.24) is 10.3 Å². The predicted octanol–water partition coefficient (Wildman–Crippen LogP) is 2.38. The van der Waals surface area contributed by atoms with Crippen LogP contribution < -0.4 is 10.2 Å². The van der Waals surface area contributed by atoms with Gasteiger partial charge in [0.1, 0.15) is 0 Å². The third-order valence-corrected chi connectivity index (χ3v) is 4.17. The molecule has 4 nitrogen and oxygen atoms in total. The van der Waals surface area contributed by atoms with Gasteiger partial charge >= 0.3 is 0 Å². The molecule has 1 amide bonds. The topological polar surface area (TPSA) is 45.2 Å². The molecular formula is C14H15N3OS. The second-order valence-electron chi connectivity index (χ2n) is 4.57. The first-order chi connectivity index (χ1) is 9.69. The van der Waals surface area contributed by atoms with Crippen LogP contribution in [-0.2, 0) is 4.79 Å². The van der Waals surface area contributed by atoms with Crippen LogP contribution in [0.25, 0.3) is 10.2 Å². The third kappa shape index (κ3) is 2.33. The number of hydrogen-bond acceptors (Lipinski definition) is 4. The van der Waals surface area contributed by atoms with Crippen LogP contribution in [-0.4, -0.2) is 24.0 Å². The quantitative estimate of drug-likeness (QED) is 0.935. The Morgan fingerprint density at radius 1 is 1.74 bits per heavy atom. The Morgan fingerprint density at radius 2 is 2.63 bits per heavy atom. The maximum absolute atomic E-state index is 11.8. The van der Waals surface area contributed by atoms with E-state index in [1.807, 2.05) is 12.1 Å². The van der Waals surface area contributed by atoms with Crippen molar-refractivity contribution < 1.29 is 6.17 Å². The molecule has 1 aromatic heterocycles. The van der Waals surface area contributed by atoms with E-state index in [1.165, 1.54) is 17.5 Å². The molecule has 2 heterocycles. The van der Waals surface area contributed by atoms with Gasteiger partial charge in [-0.1, -0.05) is 6.58 Å². The zero-order valence-electron chi connectivity index (χ0n) is 11.4. The summed E-state index contributed by atoms with van der Waals surface area (Å²) in [5.74, 6) is -0.00310. The monoisotopic (exact) mass is 275 g/mol. The van der Waals surface area contributed by atoms with Crippen LogP contribution in [0.5, 0.6) is 0 Å². The van der Waals surface area contributed by atoms with Crippen LogP contribution in [0.15, 0.2) is 36.5 Å². The third-order valence-electron chi connectivity index (χ3n) is 3.40. The lowest BCUT2D eigenvalue weighted by Gasteiger charge is -2.18. The van der Waals surface area contributed by atoms with Crippen molar-refractivity contribution in [3.8, 4) is 0 Å². The molecule has 0 radical (unpaired) electrons. The molecule has 1 aliphatic heterocycles. The van der Waals surface area contributed by atoms with Crippen LogP contribution in [0, 0.1) is 5.92 Å². The van der Waals surface area contributed by atoms with E-state index in [4.69, 9.17) is 1.37 Å². The number of thiazole rings is 1. The molecular weight excluding hydrogens is 258 g/mol. The lowest BCUT2D eigenvalue weighted by molar-refractivity contribution is -0.123. The first-order valence-electron chi connectivity index (χ1n) is 6.69. The smallest absolute Gasteiger partial charge is 0.228 e. The maximum atomic E-state index is 11.8. The van der Waals surface area contributed by atoms with E-state index < -0.39 is 0 Å². The fourth-order valence-corrected chi connectivity index (χ4v) is 3.03. The SMILES string of the molecule is [3H]c1cc(N2CCC(C(=O)NC=C)C2)cc2ncsc12. The zero-order valence-corrected chi connectivity index (χ0v) is 11.2. The Morgan fingerprint density at radius 3 is 3.47 bits per heavy atom. The summed E-state index contributed by atoms with van der Waals surface area (Å²) < 4.78 is 8.95. The number of hydrogen-bond donors (Lipinski definition) is 1. The Kier molecular flexibility index (Phi) is 2.90. The molecule has 1 aliphatic rings. The number of fused-ring (bicyclic) bond motifs is 1. The fourth-order valence-electron chi connectivity index (χ4n) is 2.40. The maximum Gasteiger partial charge on any atom is 0.228 e. The summed E-state index contributed by atoms with van der Waals surface area (Å²) in [6, 6.07) is 4.35. The summed E-state index contributed by atoms with van der Waals surface area (Å²) in [6.07, 6.45) is 2.25. The second-order valence-corrected chi connectivity index (χ2v) is 5.42. The van der Waals surface area contributed by atoms with Gasteiger partial charge in [0.15, 0.2) is 0 Å². The molecule has 0 aliphatic carbocycles. The van der Waals surface area contributed by atoms with Crippen molar-refractivity contribution in [2.24, 2.45) is 5.92 Å². The number of aromatic nitrogens is 1. The lowest BCUT2D eigenvalue weighted by atomic mass is 10.1. The average Bonchev–Trinajstić information content (AvgIpc) is 3.08. The number of rotatable bonds is 3.